The highest BCUT2D eigenvalue weighted by atomic mass is 15.1. The number of hydrogen-bond donors (Lipinski definition) is 0. The molecule has 0 radical (unpaired) electrons. The van der Waals surface area contributed by atoms with Crippen molar-refractivity contribution in [2.24, 2.45) is 11.8 Å². The third-order valence-corrected chi connectivity index (χ3v) is 3.76. The Balaban J connectivity index is 2.41. The SMILES string of the molecule is CC(C)CCCN(CCCC(C)C)Cc1ccccc1. The molecule has 1 heteroatoms. The Morgan fingerprint density at radius 3 is 1.75 bits per heavy atom. The third-order valence-electron chi connectivity index (χ3n) is 3.76. The van der Waals surface area contributed by atoms with Gasteiger partial charge < -0.3 is 0 Å². The summed E-state index contributed by atoms with van der Waals surface area (Å²) in [5.74, 6) is 1.65. The minimum absolute atomic E-state index is 0.823. The Morgan fingerprint density at radius 1 is 0.800 bits per heavy atom. The number of nitrogens with zero attached hydrogens (tertiary/aromatic N) is 1. The Kier molecular flexibility index (Phi) is 8.60. The Morgan fingerprint density at radius 2 is 1.30 bits per heavy atom. The van der Waals surface area contributed by atoms with Crippen LogP contribution in [0.5, 0.6) is 0 Å². The van der Waals surface area contributed by atoms with Gasteiger partial charge in [0.1, 0.15) is 0 Å². The van der Waals surface area contributed by atoms with E-state index >= 15 is 0 Å². The highest BCUT2D eigenvalue weighted by Crippen LogP contribution is 2.11. The van der Waals surface area contributed by atoms with Crippen LogP contribution >= 0.6 is 0 Å². The van der Waals surface area contributed by atoms with E-state index in [-0.39, 0.29) is 0 Å². The molecular weight excluding hydrogens is 242 g/mol. The smallest absolute Gasteiger partial charge is 0.0233 e. The minimum Gasteiger partial charge on any atom is -0.299 e. The number of benzene rings is 1. The monoisotopic (exact) mass is 275 g/mol. The topological polar surface area (TPSA) is 3.24 Å². The molecule has 0 amide bonds. The van der Waals surface area contributed by atoms with Gasteiger partial charge >= 0.3 is 0 Å². The highest BCUT2D eigenvalue weighted by molar-refractivity contribution is 5.14. The van der Waals surface area contributed by atoms with Crippen LogP contribution in [0.1, 0.15) is 58.9 Å². The Labute approximate surface area is 126 Å². The molecule has 1 aromatic carbocycles. The van der Waals surface area contributed by atoms with E-state index in [1.165, 1.54) is 44.3 Å². The lowest BCUT2D eigenvalue weighted by Crippen LogP contribution is -2.26. The molecule has 0 aliphatic rings. The van der Waals surface area contributed by atoms with Gasteiger partial charge in [-0.15, -0.1) is 0 Å². The van der Waals surface area contributed by atoms with Crippen LogP contribution in [-0.2, 0) is 6.54 Å². The summed E-state index contributed by atoms with van der Waals surface area (Å²) in [5, 5.41) is 0. The van der Waals surface area contributed by atoms with Gasteiger partial charge in [0.25, 0.3) is 0 Å². The first kappa shape index (κ1) is 17.2. The van der Waals surface area contributed by atoms with Crippen molar-refractivity contribution >= 4 is 0 Å². The quantitative estimate of drug-likeness (QED) is 0.555. The van der Waals surface area contributed by atoms with Crippen molar-refractivity contribution in [2.45, 2.75) is 59.9 Å². The van der Waals surface area contributed by atoms with Crippen LogP contribution in [0.25, 0.3) is 0 Å². The van der Waals surface area contributed by atoms with Crippen LogP contribution in [0, 0.1) is 11.8 Å². The first-order chi connectivity index (χ1) is 9.58. The molecule has 0 aromatic heterocycles. The molecule has 0 aliphatic carbocycles. The second kappa shape index (κ2) is 9.99. The van der Waals surface area contributed by atoms with Gasteiger partial charge in [-0.25, -0.2) is 0 Å². The molecule has 1 nitrogen and oxygen atoms in total. The van der Waals surface area contributed by atoms with Crippen molar-refractivity contribution in [2.75, 3.05) is 13.1 Å². The predicted octanol–water partition coefficient (Wildman–Crippen LogP) is 5.36. The van der Waals surface area contributed by atoms with E-state index in [9.17, 15) is 0 Å². The molecular formula is C19H33N. The van der Waals surface area contributed by atoms with Crippen molar-refractivity contribution in [1.29, 1.82) is 0 Å². The summed E-state index contributed by atoms with van der Waals surface area (Å²) in [5.41, 5.74) is 1.45. The van der Waals surface area contributed by atoms with Gasteiger partial charge in [0.2, 0.25) is 0 Å². The van der Waals surface area contributed by atoms with Crippen molar-refractivity contribution in [3.05, 3.63) is 35.9 Å². The van der Waals surface area contributed by atoms with Gasteiger partial charge in [-0.3, -0.25) is 4.90 Å². The molecule has 20 heavy (non-hydrogen) atoms. The summed E-state index contributed by atoms with van der Waals surface area (Å²) in [6, 6.07) is 10.9. The van der Waals surface area contributed by atoms with Gasteiger partial charge in [0.05, 0.1) is 0 Å². The first-order valence-electron chi connectivity index (χ1n) is 8.34. The minimum atomic E-state index is 0.823. The second-order valence-electron chi connectivity index (χ2n) is 6.83. The van der Waals surface area contributed by atoms with Crippen LogP contribution in [0.4, 0.5) is 0 Å². The second-order valence-corrected chi connectivity index (χ2v) is 6.83. The fourth-order valence-corrected chi connectivity index (χ4v) is 2.56. The molecule has 1 rings (SSSR count). The molecule has 0 saturated heterocycles. The third kappa shape index (κ3) is 8.37. The summed E-state index contributed by atoms with van der Waals surface area (Å²) in [6.07, 6.45) is 5.34. The maximum absolute atomic E-state index is 2.64. The van der Waals surface area contributed by atoms with Crippen molar-refractivity contribution in [3.63, 3.8) is 0 Å². The van der Waals surface area contributed by atoms with Crippen LogP contribution in [0.3, 0.4) is 0 Å². The Bertz CT molecular complexity index is 315. The first-order valence-corrected chi connectivity index (χ1v) is 8.34. The largest absolute Gasteiger partial charge is 0.299 e. The van der Waals surface area contributed by atoms with E-state index in [2.05, 4.69) is 62.9 Å². The standard InChI is InChI=1S/C19H33N/c1-17(2)10-8-14-20(15-9-11-18(3)4)16-19-12-6-5-7-13-19/h5-7,12-13,17-18H,8-11,14-16H2,1-4H3. The van der Waals surface area contributed by atoms with E-state index in [4.69, 9.17) is 0 Å². The predicted molar refractivity (Wildman–Crippen MR) is 89.9 cm³/mol. The molecule has 0 saturated carbocycles. The fraction of sp³-hybridized carbons (Fsp3) is 0.684. The molecule has 0 heterocycles. The molecule has 0 bridgehead atoms. The van der Waals surface area contributed by atoms with Crippen molar-refractivity contribution in [3.8, 4) is 0 Å². The van der Waals surface area contributed by atoms with Gasteiger partial charge in [-0.1, -0.05) is 58.0 Å². The fourth-order valence-electron chi connectivity index (χ4n) is 2.56. The molecule has 114 valence electrons. The highest BCUT2D eigenvalue weighted by Gasteiger charge is 2.07. The molecule has 1 aromatic rings. The van der Waals surface area contributed by atoms with Gasteiger partial charge in [-0.05, 0) is 56.2 Å². The van der Waals surface area contributed by atoms with Crippen molar-refractivity contribution < 1.29 is 0 Å². The average molecular weight is 275 g/mol. The van der Waals surface area contributed by atoms with E-state index in [0.29, 0.717) is 0 Å². The number of hydrogen-bond acceptors (Lipinski definition) is 1. The lowest BCUT2D eigenvalue weighted by atomic mass is 10.1. The Hall–Kier alpha value is -0.820. The lowest BCUT2D eigenvalue weighted by Gasteiger charge is -2.23. The van der Waals surface area contributed by atoms with Crippen molar-refractivity contribution in [1.82, 2.24) is 4.90 Å². The molecule has 0 aliphatic heterocycles. The summed E-state index contributed by atoms with van der Waals surface area (Å²) < 4.78 is 0. The van der Waals surface area contributed by atoms with Gasteiger partial charge in [-0.2, -0.15) is 0 Å². The maximum Gasteiger partial charge on any atom is 0.0233 e. The number of rotatable bonds is 10. The van der Waals surface area contributed by atoms with E-state index in [1.54, 1.807) is 0 Å². The molecule has 0 fully saturated rings. The summed E-state index contributed by atoms with van der Waals surface area (Å²) in [7, 11) is 0. The van der Waals surface area contributed by atoms with E-state index < -0.39 is 0 Å². The molecule has 0 unspecified atom stereocenters. The summed E-state index contributed by atoms with van der Waals surface area (Å²) in [6.45, 7) is 12.9. The average Bonchev–Trinajstić information content (AvgIpc) is 2.38. The maximum atomic E-state index is 2.64. The van der Waals surface area contributed by atoms with Gasteiger partial charge in [0, 0.05) is 6.54 Å². The van der Waals surface area contributed by atoms with E-state index in [1.807, 2.05) is 0 Å². The zero-order chi connectivity index (χ0) is 14.8. The van der Waals surface area contributed by atoms with Crippen LogP contribution in [-0.4, -0.2) is 18.0 Å². The lowest BCUT2D eigenvalue weighted by molar-refractivity contribution is 0.245. The van der Waals surface area contributed by atoms with Crippen LogP contribution < -0.4 is 0 Å². The van der Waals surface area contributed by atoms with Crippen LogP contribution in [0.2, 0.25) is 0 Å². The normalized spacial score (nSPS) is 11.8. The summed E-state index contributed by atoms with van der Waals surface area (Å²) in [4.78, 5) is 2.64. The zero-order valence-corrected chi connectivity index (χ0v) is 13.9. The molecule has 0 spiro atoms. The van der Waals surface area contributed by atoms with Gasteiger partial charge in [0.15, 0.2) is 0 Å². The van der Waals surface area contributed by atoms with Crippen LogP contribution in [0.15, 0.2) is 30.3 Å². The molecule has 0 N–H and O–H groups in total. The zero-order valence-electron chi connectivity index (χ0n) is 13.9. The molecule has 0 atom stereocenters. The van der Waals surface area contributed by atoms with E-state index in [0.717, 1.165) is 18.4 Å². The summed E-state index contributed by atoms with van der Waals surface area (Å²) >= 11 is 0.